The van der Waals surface area contributed by atoms with Gasteiger partial charge in [-0.15, -0.1) is 0 Å². The van der Waals surface area contributed by atoms with Crippen LogP contribution in [0.1, 0.15) is 24.4 Å². The van der Waals surface area contributed by atoms with Crippen LogP contribution in [0.2, 0.25) is 0 Å². The van der Waals surface area contributed by atoms with Gasteiger partial charge < -0.3 is 14.2 Å². The van der Waals surface area contributed by atoms with Crippen molar-refractivity contribution >= 4 is 0 Å². The smallest absolute Gasteiger partial charge is 0.389 e. The fourth-order valence-electron chi connectivity index (χ4n) is 1.96. The number of hydrazine groups is 1. The molecular weight excluding hydrogens is 289 g/mol. The van der Waals surface area contributed by atoms with E-state index in [-0.39, 0.29) is 6.42 Å². The lowest BCUT2D eigenvalue weighted by atomic mass is 10.0. The molecule has 0 aliphatic heterocycles. The molecule has 0 amide bonds. The van der Waals surface area contributed by atoms with Crippen molar-refractivity contribution in [3.8, 4) is 17.2 Å². The molecule has 8 heteroatoms. The van der Waals surface area contributed by atoms with Crippen LogP contribution in [0.4, 0.5) is 13.2 Å². The number of hydrogen-bond acceptors (Lipinski definition) is 5. The summed E-state index contributed by atoms with van der Waals surface area (Å²) in [5.41, 5.74) is 2.85. The molecule has 5 nitrogen and oxygen atoms in total. The number of halogens is 3. The van der Waals surface area contributed by atoms with Crippen molar-refractivity contribution in [3.63, 3.8) is 0 Å². The first-order chi connectivity index (χ1) is 9.86. The van der Waals surface area contributed by atoms with Crippen molar-refractivity contribution in [2.75, 3.05) is 21.3 Å². The van der Waals surface area contributed by atoms with Crippen molar-refractivity contribution in [1.29, 1.82) is 0 Å². The Balaban J connectivity index is 3.12. The summed E-state index contributed by atoms with van der Waals surface area (Å²) in [7, 11) is 4.32. The lowest BCUT2D eigenvalue weighted by molar-refractivity contribution is -0.136. The highest BCUT2D eigenvalue weighted by Gasteiger charge is 2.29. The highest BCUT2D eigenvalue weighted by atomic mass is 19.4. The van der Waals surface area contributed by atoms with Crippen molar-refractivity contribution < 1.29 is 27.4 Å². The SMILES string of the molecule is COc1cc(OC)c(C(CCC(F)(F)F)NN)cc1OC. The van der Waals surface area contributed by atoms with Gasteiger partial charge in [0.05, 0.1) is 27.4 Å². The Morgan fingerprint density at radius 1 is 1.05 bits per heavy atom. The maximum Gasteiger partial charge on any atom is 0.389 e. The standard InChI is InChI=1S/C13H19F3N2O3/c1-19-10-7-12(21-3)11(20-2)6-8(10)9(18-17)4-5-13(14,15)16/h6-7,9,18H,4-5,17H2,1-3H3. The average Bonchev–Trinajstić information content (AvgIpc) is 2.45. The summed E-state index contributed by atoms with van der Waals surface area (Å²) < 4.78 is 52.6. The van der Waals surface area contributed by atoms with E-state index in [1.807, 2.05) is 0 Å². The number of nitrogens with one attached hydrogen (secondary N) is 1. The zero-order valence-electron chi connectivity index (χ0n) is 12.1. The Kier molecular flexibility index (Phi) is 6.10. The van der Waals surface area contributed by atoms with Crippen LogP contribution in [-0.4, -0.2) is 27.5 Å². The van der Waals surface area contributed by atoms with Crippen LogP contribution in [0.3, 0.4) is 0 Å². The lowest BCUT2D eigenvalue weighted by Gasteiger charge is -2.21. The molecular formula is C13H19F3N2O3. The van der Waals surface area contributed by atoms with E-state index in [0.717, 1.165) is 0 Å². The minimum Gasteiger partial charge on any atom is -0.496 e. The third-order valence-electron chi connectivity index (χ3n) is 3.03. The Morgan fingerprint density at radius 3 is 2.00 bits per heavy atom. The van der Waals surface area contributed by atoms with Gasteiger partial charge in [-0.3, -0.25) is 11.3 Å². The fraction of sp³-hybridized carbons (Fsp3) is 0.538. The molecule has 0 spiro atoms. The van der Waals surface area contributed by atoms with Gasteiger partial charge in [-0.1, -0.05) is 0 Å². The highest BCUT2D eigenvalue weighted by molar-refractivity contribution is 5.51. The van der Waals surface area contributed by atoms with Crippen LogP contribution in [0.5, 0.6) is 17.2 Å². The van der Waals surface area contributed by atoms with Gasteiger partial charge in [0.25, 0.3) is 0 Å². The van der Waals surface area contributed by atoms with Crippen molar-refractivity contribution in [2.45, 2.75) is 25.1 Å². The molecule has 0 aromatic heterocycles. The topological polar surface area (TPSA) is 65.7 Å². The van der Waals surface area contributed by atoms with Gasteiger partial charge in [0, 0.05) is 18.1 Å². The van der Waals surface area contributed by atoms with Crippen LogP contribution >= 0.6 is 0 Å². The van der Waals surface area contributed by atoms with Crippen molar-refractivity contribution in [1.82, 2.24) is 5.43 Å². The van der Waals surface area contributed by atoms with Gasteiger partial charge in [-0.2, -0.15) is 13.2 Å². The fourth-order valence-corrected chi connectivity index (χ4v) is 1.96. The molecule has 0 saturated heterocycles. The normalized spacial score (nSPS) is 12.9. The second-order valence-electron chi connectivity index (χ2n) is 4.32. The highest BCUT2D eigenvalue weighted by Crippen LogP contribution is 2.39. The molecule has 0 fully saturated rings. The van der Waals surface area contributed by atoms with Gasteiger partial charge in [-0.05, 0) is 12.5 Å². The van der Waals surface area contributed by atoms with E-state index in [1.54, 1.807) is 12.1 Å². The number of rotatable bonds is 7. The first kappa shape index (κ1) is 17.4. The number of benzene rings is 1. The first-order valence-electron chi connectivity index (χ1n) is 6.19. The summed E-state index contributed by atoms with van der Waals surface area (Å²) in [6, 6.07) is 2.38. The number of methoxy groups -OCH3 is 3. The summed E-state index contributed by atoms with van der Waals surface area (Å²) in [5.74, 6) is 6.56. The minimum atomic E-state index is -4.25. The average molecular weight is 308 g/mol. The summed E-state index contributed by atoms with van der Waals surface area (Å²) in [4.78, 5) is 0. The monoisotopic (exact) mass is 308 g/mol. The summed E-state index contributed by atoms with van der Waals surface area (Å²) in [6.07, 6.45) is -5.43. The third kappa shape index (κ3) is 4.68. The second-order valence-corrected chi connectivity index (χ2v) is 4.32. The lowest BCUT2D eigenvalue weighted by Crippen LogP contribution is -2.29. The number of nitrogens with two attached hydrogens (primary N) is 1. The van der Waals surface area contributed by atoms with Crippen LogP contribution < -0.4 is 25.5 Å². The number of alkyl halides is 3. The van der Waals surface area contributed by atoms with E-state index >= 15 is 0 Å². The van der Waals surface area contributed by atoms with Gasteiger partial charge in [-0.25, -0.2) is 0 Å². The molecule has 3 N–H and O–H groups in total. The first-order valence-corrected chi connectivity index (χ1v) is 6.19. The summed E-state index contributed by atoms with van der Waals surface area (Å²) in [5, 5.41) is 0. The van der Waals surface area contributed by atoms with E-state index in [0.29, 0.717) is 22.8 Å². The molecule has 0 bridgehead atoms. The molecule has 0 aliphatic carbocycles. The van der Waals surface area contributed by atoms with Crippen molar-refractivity contribution in [2.24, 2.45) is 5.84 Å². The minimum absolute atomic E-state index is 0.216. The molecule has 0 heterocycles. The molecule has 1 aromatic carbocycles. The zero-order chi connectivity index (χ0) is 16.0. The summed E-state index contributed by atoms with van der Waals surface area (Å²) >= 11 is 0. The van der Waals surface area contributed by atoms with Crippen LogP contribution in [0.25, 0.3) is 0 Å². The van der Waals surface area contributed by atoms with Gasteiger partial charge >= 0.3 is 6.18 Å². The maximum atomic E-state index is 12.4. The van der Waals surface area contributed by atoms with Gasteiger partial charge in [0.1, 0.15) is 5.75 Å². The maximum absolute atomic E-state index is 12.4. The molecule has 1 rings (SSSR count). The van der Waals surface area contributed by atoms with Crippen molar-refractivity contribution in [3.05, 3.63) is 17.7 Å². The number of hydrogen-bond donors (Lipinski definition) is 2. The Bertz CT molecular complexity index is 467. The Labute approximate surface area is 121 Å². The predicted molar refractivity (Wildman–Crippen MR) is 71.5 cm³/mol. The Hall–Kier alpha value is -1.67. The second kappa shape index (κ2) is 7.37. The van der Waals surface area contributed by atoms with E-state index in [2.05, 4.69) is 5.43 Å². The predicted octanol–water partition coefficient (Wildman–Crippen LogP) is 2.56. The molecule has 0 aliphatic rings. The molecule has 1 aromatic rings. The quantitative estimate of drug-likeness (QED) is 0.598. The van der Waals surface area contributed by atoms with Crippen LogP contribution in [0, 0.1) is 0 Å². The van der Waals surface area contributed by atoms with Gasteiger partial charge in [0.2, 0.25) is 0 Å². The zero-order valence-corrected chi connectivity index (χ0v) is 12.1. The van der Waals surface area contributed by atoms with Crippen LogP contribution in [-0.2, 0) is 0 Å². The largest absolute Gasteiger partial charge is 0.496 e. The third-order valence-corrected chi connectivity index (χ3v) is 3.03. The molecule has 1 atom stereocenters. The summed E-state index contributed by atoms with van der Waals surface area (Å²) in [6.45, 7) is 0. The molecule has 21 heavy (non-hydrogen) atoms. The van der Waals surface area contributed by atoms with Crippen LogP contribution in [0.15, 0.2) is 12.1 Å². The van der Waals surface area contributed by atoms with E-state index < -0.39 is 18.6 Å². The molecule has 0 radical (unpaired) electrons. The molecule has 1 unspecified atom stereocenters. The molecule has 120 valence electrons. The van der Waals surface area contributed by atoms with E-state index in [4.69, 9.17) is 20.1 Å². The number of ether oxygens (including phenoxy) is 3. The van der Waals surface area contributed by atoms with E-state index in [9.17, 15) is 13.2 Å². The molecule has 0 saturated carbocycles. The van der Waals surface area contributed by atoms with Gasteiger partial charge in [0.15, 0.2) is 11.5 Å². The van der Waals surface area contributed by atoms with E-state index in [1.165, 1.54) is 21.3 Å². The Morgan fingerprint density at radius 2 is 1.57 bits per heavy atom.